The minimum atomic E-state index is -0.521. The molecule has 1 saturated heterocycles. The number of likely N-dealkylation sites (tertiary alicyclic amines) is 1. The lowest BCUT2D eigenvalue weighted by Gasteiger charge is -2.38. The van der Waals surface area contributed by atoms with Gasteiger partial charge in [-0.1, -0.05) is 24.3 Å². The lowest BCUT2D eigenvalue weighted by atomic mass is 9.91. The van der Waals surface area contributed by atoms with Crippen molar-refractivity contribution in [3.63, 3.8) is 0 Å². The van der Waals surface area contributed by atoms with E-state index in [2.05, 4.69) is 36.4 Å². The molecule has 0 bridgehead atoms. The highest BCUT2D eigenvalue weighted by Gasteiger charge is 2.30. The molecule has 0 unspecified atom stereocenters. The van der Waals surface area contributed by atoms with Crippen LogP contribution < -0.4 is 16.0 Å². The summed E-state index contributed by atoms with van der Waals surface area (Å²) in [6.45, 7) is 3.40. The number of carbonyl (C=O) groups is 2. The van der Waals surface area contributed by atoms with Gasteiger partial charge >= 0.3 is 12.1 Å². The Labute approximate surface area is 227 Å². The first-order chi connectivity index (χ1) is 18.8. The lowest BCUT2D eigenvalue weighted by Crippen LogP contribution is -2.49. The maximum absolute atomic E-state index is 13.3. The van der Waals surface area contributed by atoms with Crippen LogP contribution >= 0.6 is 0 Å². The molecule has 0 aliphatic carbocycles. The Bertz CT molecular complexity index is 1250. The van der Waals surface area contributed by atoms with Crippen LogP contribution in [-0.2, 0) is 18.2 Å². The molecule has 3 amide bonds. The lowest BCUT2D eigenvalue weighted by molar-refractivity contribution is -0.0412. The van der Waals surface area contributed by atoms with Gasteiger partial charge in [-0.05, 0) is 72.4 Å². The van der Waals surface area contributed by atoms with Crippen LogP contribution in [0.1, 0.15) is 31.7 Å². The second-order valence-corrected chi connectivity index (χ2v) is 9.89. The average Bonchev–Trinajstić information content (AvgIpc) is 3.35. The van der Waals surface area contributed by atoms with Gasteiger partial charge in [-0.3, -0.25) is 4.90 Å². The summed E-state index contributed by atoms with van der Waals surface area (Å²) in [4.78, 5) is 27.1. The first kappa shape index (κ1) is 28.0. The van der Waals surface area contributed by atoms with Crippen molar-refractivity contribution in [2.24, 2.45) is 13.0 Å². The fourth-order valence-electron chi connectivity index (χ4n) is 4.90. The molecule has 11 nitrogen and oxygen atoms in total. The van der Waals surface area contributed by atoms with E-state index >= 15 is 0 Å². The molecule has 0 radical (unpaired) electrons. The maximum atomic E-state index is 13.3. The first-order valence-corrected chi connectivity index (χ1v) is 13.1. The fourth-order valence-corrected chi connectivity index (χ4v) is 4.90. The number of urea groups is 1. The normalized spacial score (nSPS) is 17.2. The summed E-state index contributed by atoms with van der Waals surface area (Å²) in [6, 6.07) is 13.2. The second kappa shape index (κ2) is 13.1. The molecule has 1 fully saturated rings. The molecular weight excluding hydrogens is 503 g/mol. The number of benzene rings is 2. The third kappa shape index (κ3) is 7.96. The molecule has 3 N–H and O–H groups in total. The number of amides is 3. The van der Waals surface area contributed by atoms with Crippen molar-refractivity contribution in [3.8, 4) is 11.4 Å². The maximum Gasteiger partial charge on any atom is 0.408 e. The number of carbonyl (C=O) groups excluding carboxylic acids is 2. The van der Waals surface area contributed by atoms with Crippen LogP contribution in [0.2, 0.25) is 0 Å². The van der Waals surface area contributed by atoms with E-state index in [1.807, 2.05) is 31.2 Å². The molecule has 4 rings (SSSR count). The van der Waals surface area contributed by atoms with Gasteiger partial charge in [0.25, 0.3) is 0 Å². The number of nitrogens with zero attached hydrogens (tertiary/aromatic N) is 5. The van der Waals surface area contributed by atoms with E-state index in [1.54, 1.807) is 23.9 Å². The third-order valence-corrected chi connectivity index (χ3v) is 6.77. The second-order valence-electron chi connectivity index (χ2n) is 9.89. The Kier molecular flexibility index (Phi) is 9.42. The molecule has 2 aromatic carbocycles. The quantitative estimate of drug-likeness (QED) is 0.380. The van der Waals surface area contributed by atoms with E-state index in [1.165, 1.54) is 19.2 Å². The van der Waals surface area contributed by atoms with Gasteiger partial charge in [0.2, 0.25) is 0 Å². The highest BCUT2D eigenvalue weighted by atomic mass is 19.1. The number of piperidine rings is 1. The molecule has 1 aliphatic rings. The van der Waals surface area contributed by atoms with Gasteiger partial charge < -0.3 is 20.7 Å². The third-order valence-electron chi connectivity index (χ3n) is 6.77. The van der Waals surface area contributed by atoms with Gasteiger partial charge in [0, 0.05) is 50.9 Å². The van der Waals surface area contributed by atoms with Crippen molar-refractivity contribution in [2.45, 2.75) is 44.9 Å². The van der Waals surface area contributed by atoms with E-state index in [0.717, 1.165) is 43.5 Å². The molecule has 0 spiro atoms. The number of halogens is 1. The topological polar surface area (TPSA) is 126 Å². The Hall–Kier alpha value is -4.06. The zero-order valence-corrected chi connectivity index (χ0v) is 22.4. The Morgan fingerprint density at radius 1 is 1.21 bits per heavy atom. The SMILES string of the molecule is CNC(=O)O[C@H](C[C@@H](C)NC(=O)Nc1cccc(-c2nnnn2C)c1)N1CCC[C@@H](Cc2ccc(F)cc2)C1. The minimum Gasteiger partial charge on any atom is -0.430 e. The van der Waals surface area contributed by atoms with Gasteiger partial charge in [-0.15, -0.1) is 5.10 Å². The number of aromatic nitrogens is 4. The van der Waals surface area contributed by atoms with Crippen LogP contribution in [0.15, 0.2) is 48.5 Å². The van der Waals surface area contributed by atoms with Crippen molar-refractivity contribution in [1.82, 2.24) is 35.7 Å². The van der Waals surface area contributed by atoms with Gasteiger partial charge in [0.05, 0.1) is 0 Å². The van der Waals surface area contributed by atoms with Crippen LogP contribution in [-0.4, -0.2) is 69.6 Å². The number of alkyl carbamates (subject to hydrolysis) is 1. The first-order valence-electron chi connectivity index (χ1n) is 13.1. The van der Waals surface area contributed by atoms with Gasteiger partial charge in [0.15, 0.2) is 12.1 Å². The minimum absolute atomic E-state index is 0.246. The molecule has 208 valence electrons. The molecule has 1 aromatic heterocycles. The van der Waals surface area contributed by atoms with E-state index in [-0.39, 0.29) is 17.9 Å². The Morgan fingerprint density at radius 2 is 2.00 bits per heavy atom. The smallest absolute Gasteiger partial charge is 0.408 e. The summed E-state index contributed by atoms with van der Waals surface area (Å²) in [7, 11) is 3.27. The van der Waals surface area contributed by atoms with Crippen LogP contribution in [0, 0.1) is 11.7 Å². The van der Waals surface area contributed by atoms with Crippen molar-refractivity contribution in [1.29, 1.82) is 0 Å². The molecule has 3 aromatic rings. The molecule has 1 aliphatic heterocycles. The number of ether oxygens (including phenoxy) is 1. The summed E-state index contributed by atoms with van der Waals surface area (Å²) in [6.07, 6.45) is 2.20. The predicted octanol–water partition coefficient (Wildman–Crippen LogP) is 3.55. The number of hydrogen-bond acceptors (Lipinski definition) is 7. The summed E-state index contributed by atoms with van der Waals surface area (Å²) < 4.78 is 20.6. The zero-order chi connectivity index (χ0) is 27.8. The number of nitrogens with one attached hydrogen (secondary N) is 3. The van der Waals surface area contributed by atoms with E-state index < -0.39 is 12.3 Å². The fraction of sp³-hybridized carbons (Fsp3) is 0.444. The highest BCUT2D eigenvalue weighted by Crippen LogP contribution is 2.25. The largest absolute Gasteiger partial charge is 0.430 e. The molecule has 39 heavy (non-hydrogen) atoms. The van der Waals surface area contributed by atoms with Crippen molar-refractivity contribution >= 4 is 17.8 Å². The predicted molar refractivity (Wildman–Crippen MR) is 144 cm³/mol. The van der Waals surface area contributed by atoms with Crippen LogP contribution in [0.5, 0.6) is 0 Å². The summed E-state index contributed by atoms with van der Waals surface area (Å²) in [5, 5.41) is 19.8. The number of hydrogen-bond donors (Lipinski definition) is 3. The molecule has 12 heteroatoms. The van der Waals surface area contributed by atoms with Crippen LogP contribution in [0.3, 0.4) is 0 Å². The monoisotopic (exact) mass is 538 g/mol. The number of anilines is 1. The average molecular weight is 539 g/mol. The molecular formula is C27H35FN8O3. The summed E-state index contributed by atoms with van der Waals surface area (Å²) in [5.41, 5.74) is 2.45. The number of rotatable bonds is 9. The van der Waals surface area contributed by atoms with Crippen LogP contribution in [0.4, 0.5) is 19.7 Å². The van der Waals surface area contributed by atoms with Crippen molar-refractivity contribution in [2.75, 3.05) is 25.5 Å². The molecule has 3 atom stereocenters. The van der Waals surface area contributed by atoms with Crippen LogP contribution in [0.25, 0.3) is 11.4 Å². The number of aryl methyl sites for hydroxylation is 1. The number of tetrazole rings is 1. The van der Waals surface area contributed by atoms with Gasteiger partial charge in [-0.2, -0.15) is 0 Å². The van der Waals surface area contributed by atoms with Gasteiger partial charge in [0.1, 0.15) is 5.82 Å². The Morgan fingerprint density at radius 3 is 2.72 bits per heavy atom. The summed E-state index contributed by atoms with van der Waals surface area (Å²) in [5.74, 6) is 0.688. The van der Waals surface area contributed by atoms with Gasteiger partial charge in [-0.25, -0.2) is 18.7 Å². The van der Waals surface area contributed by atoms with E-state index in [0.29, 0.717) is 23.9 Å². The Balaban J connectivity index is 1.35. The van der Waals surface area contributed by atoms with E-state index in [9.17, 15) is 14.0 Å². The standard InChI is InChI=1S/C27H35FN8O3/c1-18(30-26(37)31-23-8-4-7-21(16-23)25-32-33-34-35(25)3)14-24(39-27(38)29-2)36-13-5-6-20(17-36)15-19-9-11-22(28)12-10-19/h4,7-12,16,18,20,24H,5-6,13-15,17H2,1-3H3,(H,29,38)(H2,30,31,37)/t18-,20+,24-/m1/s1. The molecule has 0 saturated carbocycles. The highest BCUT2D eigenvalue weighted by molar-refractivity contribution is 5.90. The van der Waals surface area contributed by atoms with Crippen molar-refractivity contribution < 1.29 is 18.7 Å². The molecule has 2 heterocycles. The summed E-state index contributed by atoms with van der Waals surface area (Å²) >= 11 is 0. The van der Waals surface area contributed by atoms with Crippen molar-refractivity contribution in [3.05, 3.63) is 59.9 Å². The van der Waals surface area contributed by atoms with E-state index in [4.69, 9.17) is 4.74 Å². The zero-order valence-electron chi connectivity index (χ0n) is 22.4.